The fraction of sp³-hybridized carbons (Fsp3) is 0.483. The third-order valence-corrected chi connectivity index (χ3v) is 7.38. The highest BCUT2D eigenvalue weighted by atomic mass is 16.2. The summed E-state index contributed by atoms with van der Waals surface area (Å²) in [6, 6.07) is 13.3. The van der Waals surface area contributed by atoms with Crippen LogP contribution >= 0.6 is 0 Å². The van der Waals surface area contributed by atoms with Crippen LogP contribution in [0.4, 0.5) is 0 Å². The SMILES string of the molecule is CCCCCN(C(=O)C1CCCC1)C(C)c1nc2ccccc2c(=O)n1-c1ccc(C)c(C)c1. The zero-order valence-electron chi connectivity index (χ0n) is 21.0. The molecule has 2 aromatic carbocycles. The predicted octanol–water partition coefficient (Wildman–Crippen LogP) is 6.27. The minimum absolute atomic E-state index is 0.0856. The fourth-order valence-electron chi connectivity index (χ4n) is 5.12. The summed E-state index contributed by atoms with van der Waals surface area (Å²) in [4.78, 5) is 34.4. The van der Waals surface area contributed by atoms with Crippen LogP contribution in [0.1, 0.15) is 81.8 Å². The Bertz CT molecular complexity index is 1220. The second kappa shape index (κ2) is 10.5. The number of aryl methyl sites for hydroxylation is 2. The van der Waals surface area contributed by atoms with Gasteiger partial charge in [-0.2, -0.15) is 0 Å². The topological polar surface area (TPSA) is 55.2 Å². The number of para-hydroxylation sites is 1. The highest BCUT2D eigenvalue weighted by molar-refractivity contribution is 5.80. The summed E-state index contributed by atoms with van der Waals surface area (Å²) in [5.41, 5.74) is 3.69. The van der Waals surface area contributed by atoms with Crippen molar-refractivity contribution in [3.05, 3.63) is 69.8 Å². The number of unbranched alkanes of at least 4 members (excludes halogenated alkanes) is 2. The summed E-state index contributed by atoms with van der Waals surface area (Å²) in [6.45, 7) is 9.03. The van der Waals surface area contributed by atoms with Gasteiger partial charge in [0.2, 0.25) is 5.91 Å². The van der Waals surface area contributed by atoms with Crippen LogP contribution in [0.2, 0.25) is 0 Å². The molecule has 1 aliphatic carbocycles. The van der Waals surface area contributed by atoms with Gasteiger partial charge in [-0.25, -0.2) is 4.98 Å². The highest BCUT2D eigenvalue weighted by Gasteiger charge is 2.32. The van der Waals surface area contributed by atoms with E-state index < -0.39 is 0 Å². The predicted molar refractivity (Wildman–Crippen MR) is 138 cm³/mol. The van der Waals surface area contributed by atoms with Crippen molar-refractivity contribution in [1.29, 1.82) is 0 Å². The van der Waals surface area contributed by atoms with E-state index in [4.69, 9.17) is 4.98 Å². The maximum absolute atomic E-state index is 13.8. The van der Waals surface area contributed by atoms with Crippen LogP contribution in [0, 0.1) is 19.8 Å². The Morgan fingerprint density at radius 3 is 2.53 bits per heavy atom. The van der Waals surface area contributed by atoms with Crippen molar-refractivity contribution in [2.75, 3.05) is 6.54 Å². The molecule has 0 spiro atoms. The smallest absolute Gasteiger partial charge is 0.266 e. The number of hydrogen-bond acceptors (Lipinski definition) is 3. The van der Waals surface area contributed by atoms with Crippen molar-refractivity contribution in [3.8, 4) is 5.69 Å². The van der Waals surface area contributed by atoms with Gasteiger partial charge < -0.3 is 4.90 Å². The Morgan fingerprint density at radius 2 is 1.82 bits per heavy atom. The molecule has 3 aromatic rings. The molecular formula is C29H37N3O2. The van der Waals surface area contributed by atoms with Crippen LogP contribution in [0.25, 0.3) is 16.6 Å². The monoisotopic (exact) mass is 459 g/mol. The lowest BCUT2D eigenvalue weighted by Crippen LogP contribution is -2.40. The molecule has 34 heavy (non-hydrogen) atoms. The van der Waals surface area contributed by atoms with Crippen LogP contribution in [0.5, 0.6) is 0 Å². The van der Waals surface area contributed by atoms with E-state index in [1.54, 1.807) is 4.57 Å². The van der Waals surface area contributed by atoms with Gasteiger partial charge in [-0.3, -0.25) is 14.2 Å². The molecule has 0 saturated heterocycles. The van der Waals surface area contributed by atoms with Crippen molar-refractivity contribution in [2.24, 2.45) is 5.92 Å². The van der Waals surface area contributed by atoms with E-state index in [1.165, 1.54) is 5.56 Å². The number of fused-ring (bicyclic) bond motifs is 1. The first-order chi connectivity index (χ1) is 16.4. The van der Waals surface area contributed by atoms with Gasteiger partial charge in [0.25, 0.3) is 5.56 Å². The molecule has 5 heteroatoms. The Morgan fingerprint density at radius 1 is 1.09 bits per heavy atom. The van der Waals surface area contributed by atoms with Gasteiger partial charge in [-0.1, -0.05) is 50.8 Å². The number of nitrogens with zero attached hydrogens (tertiary/aromatic N) is 3. The lowest BCUT2D eigenvalue weighted by Gasteiger charge is -2.32. The maximum Gasteiger partial charge on any atom is 0.266 e. The van der Waals surface area contributed by atoms with Crippen molar-refractivity contribution in [3.63, 3.8) is 0 Å². The molecule has 5 nitrogen and oxygen atoms in total. The van der Waals surface area contributed by atoms with E-state index >= 15 is 0 Å². The molecule has 1 unspecified atom stereocenters. The summed E-state index contributed by atoms with van der Waals surface area (Å²) in [6.07, 6.45) is 7.30. The summed E-state index contributed by atoms with van der Waals surface area (Å²) < 4.78 is 1.73. The zero-order valence-corrected chi connectivity index (χ0v) is 21.0. The van der Waals surface area contributed by atoms with Gasteiger partial charge >= 0.3 is 0 Å². The molecule has 1 aliphatic rings. The quantitative estimate of drug-likeness (QED) is 0.373. The minimum Gasteiger partial charge on any atom is -0.333 e. The first-order valence-corrected chi connectivity index (χ1v) is 12.8. The Balaban J connectivity index is 1.86. The first kappa shape index (κ1) is 24.2. The second-order valence-electron chi connectivity index (χ2n) is 9.79. The number of carbonyl (C=O) groups is 1. The van der Waals surface area contributed by atoms with Crippen molar-refractivity contribution in [1.82, 2.24) is 14.5 Å². The molecule has 1 fully saturated rings. The number of aromatic nitrogens is 2. The van der Waals surface area contributed by atoms with Gasteiger partial charge in [-0.15, -0.1) is 0 Å². The van der Waals surface area contributed by atoms with Gasteiger partial charge in [0.15, 0.2) is 0 Å². The molecule has 1 atom stereocenters. The molecule has 0 N–H and O–H groups in total. The molecule has 1 amide bonds. The largest absolute Gasteiger partial charge is 0.333 e. The van der Waals surface area contributed by atoms with Gasteiger partial charge in [0.1, 0.15) is 5.82 Å². The number of rotatable bonds is 8. The molecule has 4 rings (SSSR count). The molecule has 1 aromatic heterocycles. The Labute approximate surface area is 202 Å². The van der Waals surface area contributed by atoms with E-state index in [9.17, 15) is 9.59 Å². The highest BCUT2D eigenvalue weighted by Crippen LogP contribution is 2.31. The van der Waals surface area contributed by atoms with Crippen LogP contribution < -0.4 is 5.56 Å². The van der Waals surface area contributed by atoms with Crippen molar-refractivity contribution < 1.29 is 4.79 Å². The van der Waals surface area contributed by atoms with E-state index in [0.717, 1.165) is 56.2 Å². The molecule has 180 valence electrons. The standard InChI is InChI=1S/C29H37N3O2/c1-5-6-11-18-31(28(33)23-12-7-8-13-23)22(4)27-30-26-15-10-9-14-25(26)29(34)32(27)24-17-16-20(2)21(3)19-24/h9-10,14-17,19,22-23H,5-8,11-13,18H2,1-4H3. The summed E-state index contributed by atoms with van der Waals surface area (Å²) in [5, 5.41) is 0.594. The minimum atomic E-state index is -0.302. The Kier molecular flexibility index (Phi) is 7.50. The molecule has 0 bridgehead atoms. The zero-order chi connectivity index (χ0) is 24.2. The first-order valence-electron chi connectivity index (χ1n) is 12.8. The van der Waals surface area contributed by atoms with Gasteiger partial charge in [-0.05, 0) is 75.4 Å². The molecule has 0 aliphatic heterocycles. The van der Waals surface area contributed by atoms with Gasteiger partial charge in [0, 0.05) is 12.5 Å². The molecule has 1 saturated carbocycles. The molecule has 1 heterocycles. The fourth-order valence-corrected chi connectivity index (χ4v) is 5.12. The van der Waals surface area contributed by atoms with Crippen molar-refractivity contribution in [2.45, 2.75) is 78.7 Å². The van der Waals surface area contributed by atoms with Gasteiger partial charge in [0.05, 0.1) is 22.6 Å². The number of hydrogen-bond donors (Lipinski definition) is 0. The van der Waals surface area contributed by atoms with Crippen LogP contribution in [0.3, 0.4) is 0 Å². The number of benzene rings is 2. The lowest BCUT2D eigenvalue weighted by atomic mass is 10.0. The second-order valence-corrected chi connectivity index (χ2v) is 9.79. The average Bonchev–Trinajstić information content (AvgIpc) is 3.38. The Hall–Kier alpha value is -2.95. The van der Waals surface area contributed by atoms with Crippen LogP contribution in [-0.4, -0.2) is 26.9 Å². The van der Waals surface area contributed by atoms with E-state index in [2.05, 4.69) is 20.8 Å². The molecular weight excluding hydrogens is 422 g/mol. The van der Waals surface area contributed by atoms with Crippen molar-refractivity contribution >= 4 is 16.8 Å². The number of amides is 1. The summed E-state index contributed by atoms with van der Waals surface area (Å²) in [7, 11) is 0. The third-order valence-electron chi connectivity index (χ3n) is 7.38. The number of carbonyl (C=O) groups excluding carboxylic acids is 1. The normalized spacial score (nSPS) is 15.1. The third kappa shape index (κ3) is 4.79. The van der Waals surface area contributed by atoms with Crippen LogP contribution in [0.15, 0.2) is 47.3 Å². The summed E-state index contributed by atoms with van der Waals surface area (Å²) >= 11 is 0. The lowest BCUT2D eigenvalue weighted by molar-refractivity contribution is -0.137. The average molecular weight is 460 g/mol. The van der Waals surface area contributed by atoms with E-state index in [0.29, 0.717) is 23.3 Å². The summed E-state index contributed by atoms with van der Waals surface area (Å²) in [5.74, 6) is 0.941. The van der Waals surface area contributed by atoms with E-state index in [1.807, 2.05) is 54.3 Å². The van der Waals surface area contributed by atoms with Crippen LogP contribution in [-0.2, 0) is 4.79 Å². The maximum atomic E-state index is 13.8. The van der Waals surface area contributed by atoms with E-state index in [-0.39, 0.29) is 23.4 Å². The molecule has 0 radical (unpaired) electrons.